The number of nitrogens with zero attached hydrogens (tertiary/aromatic N) is 2. The van der Waals surface area contributed by atoms with Crippen LogP contribution in [0.1, 0.15) is 87.9 Å². The number of aliphatic hydroxyl groups is 1. The number of rotatable bonds is 7. The average molecular weight is 846 g/mol. The summed E-state index contributed by atoms with van der Waals surface area (Å²) in [6.45, 7) is 12.6. The van der Waals surface area contributed by atoms with E-state index in [1.807, 2.05) is 45.9 Å². The number of carbonyl (C=O) groups excluding carboxylic acids is 4. The number of halogens is 3. The van der Waals surface area contributed by atoms with Crippen molar-refractivity contribution in [2.75, 3.05) is 26.1 Å². The molecule has 3 heterocycles. The summed E-state index contributed by atoms with van der Waals surface area (Å²) in [5.41, 5.74) is 0.478. The van der Waals surface area contributed by atoms with Crippen molar-refractivity contribution in [3.8, 4) is 0 Å². The third-order valence-electron chi connectivity index (χ3n) is 11.7. The summed E-state index contributed by atoms with van der Waals surface area (Å²) in [5.74, 6) is -3.56. The SMILES string of the molecule is CO[C@@H]1/C=C/C=C(\C)Cc2cc(C)c(Cl)c(c2)N(C)C(=O)C[C@H](OC(=O)[C@H](C)N(C)C(=O)c2cc(F)c(CC(C)C)cc2Cl)[C@]2(C)O[C@H]2[C@H](C)[C@@H]2C[C@@]1(O)CC(=O)O2. The van der Waals surface area contributed by atoms with Crippen LogP contribution in [0.4, 0.5) is 10.1 Å². The molecule has 4 bridgehead atoms. The van der Waals surface area contributed by atoms with Crippen LogP contribution in [0.5, 0.6) is 0 Å². The molecule has 14 heteroatoms. The van der Waals surface area contributed by atoms with E-state index in [9.17, 15) is 24.3 Å². The molecule has 0 spiro atoms. The van der Waals surface area contributed by atoms with Gasteiger partial charge in [-0.1, -0.05) is 73.8 Å². The molecule has 58 heavy (non-hydrogen) atoms. The van der Waals surface area contributed by atoms with Crippen molar-refractivity contribution < 1.29 is 47.6 Å². The summed E-state index contributed by atoms with van der Waals surface area (Å²) < 4.78 is 39.0. The fourth-order valence-electron chi connectivity index (χ4n) is 8.01. The molecule has 2 amide bonds. The minimum Gasteiger partial charge on any atom is -0.462 e. The van der Waals surface area contributed by atoms with Crippen LogP contribution < -0.4 is 4.90 Å². The highest BCUT2D eigenvalue weighted by molar-refractivity contribution is 6.34. The van der Waals surface area contributed by atoms with Gasteiger partial charge in [0.25, 0.3) is 5.91 Å². The molecule has 0 saturated carbocycles. The van der Waals surface area contributed by atoms with Crippen LogP contribution in [0.2, 0.25) is 10.0 Å². The first-order valence-electron chi connectivity index (χ1n) is 19.6. The van der Waals surface area contributed by atoms with E-state index in [1.165, 1.54) is 32.0 Å². The van der Waals surface area contributed by atoms with E-state index in [1.54, 1.807) is 33.0 Å². The number of fused-ring (bicyclic) bond motifs is 5. The smallest absolute Gasteiger partial charge is 0.328 e. The second-order valence-corrected chi connectivity index (χ2v) is 17.6. The Bertz CT molecular complexity index is 2000. The highest BCUT2D eigenvalue weighted by Gasteiger charge is 2.64. The average Bonchev–Trinajstić information content (AvgIpc) is 3.85. The molecular weight excluding hydrogens is 790 g/mol. The van der Waals surface area contributed by atoms with Crippen molar-refractivity contribution in [1.82, 2.24) is 4.90 Å². The van der Waals surface area contributed by atoms with Crippen LogP contribution in [0, 0.1) is 24.6 Å². The lowest BCUT2D eigenvalue weighted by Crippen LogP contribution is -2.53. The molecule has 8 atom stereocenters. The van der Waals surface area contributed by atoms with Crippen LogP contribution in [0.3, 0.4) is 0 Å². The van der Waals surface area contributed by atoms with Gasteiger partial charge in [-0.25, -0.2) is 9.18 Å². The molecule has 1 N–H and O–H groups in total. The Hall–Kier alpha value is -3.81. The Morgan fingerprint density at radius 3 is 2.48 bits per heavy atom. The number of carbonyl (C=O) groups is 4. The maximum Gasteiger partial charge on any atom is 0.328 e. The second-order valence-electron chi connectivity index (χ2n) is 16.8. The molecule has 2 saturated heterocycles. The maximum absolute atomic E-state index is 15.1. The van der Waals surface area contributed by atoms with E-state index in [2.05, 4.69) is 0 Å². The van der Waals surface area contributed by atoms with Gasteiger partial charge in [0.1, 0.15) is 41.4 Å². The quantitative estimate of drug-likeness (QED) is 0.224. The van der Waals surface area contributed by atoms with E-state index >= 15 is 4.39 Å². The zero-order valence-corrected chi connectivity index (χ0v) is 36.4. The fourth-order valence-corrected chi connectivity index (χ4v) is 8.51. The minimum atomic E-state index is -1.60. The Kier molecular flexibility index (Phi) is 13.9. The summed E-state index contributed by atoms with van der Waals surface area (Å²) in [6, 6.07) is 5.08. The van der Waals surface area contributed by atoms with Gasteiger partial charge in [-0.2, -0.15) is 0 Å². The molecule has 2 fully saturated rings. The number of allylic oxidation sites excluding steroid dienone is 3. The number of ether oxygens (including phenoxy) is 4. The molecule has 5 rings (SSSR count). The molecule has 11 nitrogen and oxygen atoms in total. The highest BCUT2D eigenvalue weighted by Crippen LogP contribution is 2.50. The highest BCUT2D eigenvalue weighted by atomic mass is 35.5. The van der Waals surface area contributed by atoms with Crippen LogP contribution in [0.15, 0.2) is 48.1 Å². The monoisotopic (exact) mass is 844 g/mol. The molecule has 316 valence electrons. The number of aryl methyl sites for hydroxylation is 1. The van der Waals surface area contributed by atoms with Crippen LogP contribution in [-0.4, -0.2) is 96.6 Å². The number of anilines is 1. The number of hydrogen-bond acceptors (Lipinski definition) is 9. The number of benzene rings is 2. The van der Waals surface area contributed by atoms with Crippen molar-refractivity contribution in [2.24, 2.45) is 11.8 Å². The summed E-state index contributed by atoms with van der Waals surface area (Å²) >= 11 is 13.3. The van der Waals surface area contributed by atoms with Gasteiger partial charge in [0.2, 0.25) is 5.91 Å². The van der Waals surface area contributed by atoms with Gasteiger partial charge < -0.3 is 33.9 Å². The zero-order valence-electron chi connectivity index (χ0n) is 34.9. The van der Waals surface area contributed by atoms with Crippen LogP contribution in [-0.2, 0) is 46.2 Å². The maximum atomic E-state index is 15.1. The van der Waals surface area contributed by atoms with Crippen molar-refractivity contribution in [3.05, 3.63) is 86.2 Å². The molecule has 3 aliphatic rings. The third-order valence-corrected chi connectivity index (χ3v) is 12.5. The van der Waals surface area contributed by atoms with Gasteiger partial charge in [0.05, 0.1) is 40.2 Å². The minimum absolute atomic E-state index is 0.0304. The molecule has 0 aliphatic carbocycles. The van der Waals surface area contributed by atoms with Gasteiger partial charge in [-0.05, 0) is 81.3 Å². The first kappa shape index (κ1) is 45.3. The van der Waals surface area contributed by atoms with E-state index in [-0.39, 0.29) is 35.8 Å². The standard InChI is InChI=1S/C44H55Cl2FN2O9/c1-23(2)14-29-18-31(45)30(19-32(29)47)41(52)48(8)27(6)42(53)57-36-20-37(50)49(9)33-17-28(16-25(4)39(33)46)15-24(3)12-11-13-35(55-10)44(54)21-34(56-38(51)22-44)26(5)40-43(36,7)58-40/h11-13,16-19,23,26-27,34-36,40,54H,14-15,20-22H2,1-10H3/b13-11+,24-12+/t26-,27+,34+,35-,36+,40+,43+,44-/m1/s1. The summed E-state index contributed by atoms with van der Waals surface area (Å²) in [6.07, 6.45) is 2.18. The van der Waals surface area contributed by atoms with Gasteiger partial charge in [0.15, 0.2) is 0 Å². The van der Waals surface area contributed by atoms with Crippen LogP contribution in [0.25, 0.3) is 0 Å². The molecule has 2 aromatic carbocycles. The van der Waals surface area contributed by atoms with Crippen molar-refractivity contribution >= 4 is 52.6 Å². The first-order valence-corrected chi connectivity index (χ1v) is 20.3. The second kappa shape index (κ2) is 17.8. The van der Waals surface area contributed by atoms with Crippen molar-refractivity contribution in [1.29, 1.82) is 0 Å². The summed E-state index contributed by atoms with van der Waals surface area (Å²) in [4.78, 5) is 57.4. The van der Waals surface area contributed by atoms with Gasteiger partial charge >= 0.3 is 11.9 Å². The first-order chi connectivity index (χ1) is 27.1. The predicted molar refractivity (Wildman–Crippen MR) is 220 cm³/mol. The molecule has 2 aromatic rings. The largest absolute Gasteiger partial charge is 0.462 e. The summed E-state index contributed by atoms with van der Waals surface area (Å²) in [7, 11) is 4.43. The van der Waals surface area contributed by atoms with E-state index in [0.29, 0.717) is 29.1 Å². The number of esters is 2. The van der Waals surface area contributed by atoms with Crippen molar-refractivity contribution in [2.45, 2.75) is 122 Å². The summed E-state index contributed by atoms with van der Waals surface area (Å²) in [5, 5.41) is 12.3. The Morgan fingerprint density at radius 2 is 1.83 bits per heavy atom. The number of methoxy groups -OCH3 is 1. The van der Waals surface area contributed by atoms with Gasteiger partial charge in [-0.3, -0.25) is 14.4 Å². The fraction of sp³-hybridized carbons (Fsp3) is 0.545. The number of amides is 2. The number of hydrogen-bond donors (Lipinski definition) is 1. The zero-order chi connectivity index (χ0) is 43.0. The Balaban J connectivity index is 1.49. The topological polar surface area (TPSA) is 135 Å². The lowest BCUT2D eigenvalue weighted by molar-refractivity contribution is -0.187. The normalized spacial score (nSPS) is 29.8. The lowest BCUT2D eigenvalue weighted by atomic mass is 9.78. The molecule has 0 radical (unpaired) electrons. The predicted octanol–water partition coefficient (Wildman–Crippen LogP) is 7.37. The van der Waals surface area contributed by atoms with Crippen LogP contribution >= 0.6 is 23.2 Å². The third kappa shape index (κ3) is 9.63. The molecule has 0 aromatic heterocycles. The lowest BCUT2D eigenvalue weighted by Gasteiger charge is -2.41. The molecule has 0 unspecified atom stereocenters. The Labute approximate surface area is 350 Å². The van der Waals surface area contributed by atoms with E-state index in [0.717, 1.165) is 27.7 Å². The van der Waals surface area contributed by atoms with Crippen molar-refractivity contribution in [3.63, 3.8) is 0 Å². The molecular formula is C44H55Cl2FN2O9. The van der Waals surface area contributed by atoms with E-state index < -0.39 is 77.1 Å². The number of epoxide rings is 1. The number of likely N-dealkylation sites (N-methyl/N-ethyl adjacent to an activating group) is 1. The van der Waals surface area contributed by atoms with Gasteiger partial charge in [0, 0.05) is 33.5 Å². The Morgan fingerprint density at radius 1 is 1.14 bits per heavy atom. The van der Waals surface area contributed by atoms with Gasteiger partial charge in [-0.15, -0.1) is 0 Å². The molecule has 3 aliphatic heterocycles. The van der Waals surface area contributed by atoms with E-state index in [4.69, 9.17) is 42.1 Å².